The SMILES string of the molecule is C=CCCCOc1ncnc(NN)c1[N+](=O)[O-]. The molecule has 3 N–H and O–H groups in total. The van der Waals surface area contributed by atoms with Crippen LogP contribution >= 0.6 is 0 Å². The van der Waals surface area contributed by atoms with Crippen LogP contribution in [0.1, 0.15) is 12.8 Å². The highest BCUT2D eigenvalue weighted by molar-refractivity contribution is 5.60. The van der Waals surface area contributed by atoms with Gasteiger partial charge in [0.1, 0.15) is 6.33 Å². The Hall–Kier alpha value is -2.22. The van der Waals surface area contributed by atoms with Gasteiger partial charge in [-0.3, -0.25) is 10.1 Å². The monoisotopic (exact) mass is 239 g/mol. The summed E-state index contributed by atoms with van der Waals surface area (Å²) in [5.74, 6) is 4.94. The van der Waals surface area contributed by atoms with Crippen LogP contribution in [0.4, 0.5) is 11.5 Å². The number of nitro groups is 1. The van der Waals surface area contributed by atoms with Crippen LogP contribution in [0.15, 0.2) is 19.0 Å². The van der Waals surface area contributed by atoms with E-state index in [2.05, 4.69) is 22.0 Å². The van der Waals surface area contributed by atoms with E-state index in [1.807, 2.05) is 0 Å². The van der Waals surface area contributed by atoms with Crippen molar-refractivity contribution in [3.05, 3.63) is 29.1 Å². The molecule has 0 saturated carbocycles. The summed E-state index contributed by atoms with van der Waals surface area (Å²) in [6, 6.07) is 0. The minimum Gasteiger partial charge on any atom is -0.473 e. The van der Waals surface area contributed by atoms with Crippen LogP contribution < -0.4 is 16.0 Å². The van der Waals surface area contributed by atoms with Gasteiger partial charge in [0.25, 0.3) is 5.88 Å². The average molecular weight is 239 g/mol. The van der Waals surface area contributed by atoms with E-state index in [0.29, 0.717) is 13.0 Å². The third kappa shape index (κ3) is 3.38. The topological polar surface area (TPSA) is 116 Å². The summed E-state index contributed by atoms with van der Waals surface area (Å²) < 4.78 is 5.21. The molecule has 0 bridgehead atoms. The molecule has 0 saturated heterocycles. The van der Waals surface area contributed by atoms with Crippen molar-refractivity contribution in [2.45, 2.75) is 12.8 Å². The molecular formula is C9H13N5O3. The first kappa shape index (κ1) is 12.8. The Morgan fingerprint density at radius 3 is 3.00 bits per heavy atom. The van der Waals surface area contributed by atoms with Gasteiger partial charge < -0.3 is 10.2 Å². The molecule has 0 amide bonds. The number of nitrogens with two attached hydrogens (primary N) is 1. The Labute approximate surface area is 97.6 Å². The molecule has 0 aliphatic heterocycles. The van der Waals surface area contributed by atoms with Gasteiger partial charge in [-0.25, -0.2) is 10.8 Å². The zero-order chi connectivity index (χ0) is 12.7. The molecule has 1 aromatic heterocycles. The lowest BCUT2D eigenvalue weighted by atomic mass is 10.3. The number of rotatable bonds is 7. The highest BCUT2D eigenvalue weighted by Crippen LogP contribution is 2.29. The molecule has 0 atom stereocenters. The fourth-order valence-corrected chi connectivity index (χ4v) is 1.13. The van der Waals surface area contributed by atoms with E-state index in [1.54, 1.807) is 6.08 Å². The maximum atomic E-state index is 10.8. The van der Waals surface area contributed by atoms with Gasteiger partial charge in [0.2, 0.25) is 5.82 Å². The number of ether oxygens (including phenoxy) is 1. The highest BCUT2D eigenvalue weighted by atomic mass is 16.6. The highest BCUT2D eigenvalue weighted by Gasteiger charge is 2.23. The number of hydrogen-bond acceptors (Lipinski definition) is 7. The standard InChI is InChI=1S/C9H13N5O3/c1-2-3-4-5-17-9-7(14(15)16)8(13-10)11-6-12-9/h2,6H,1,3-5,10H2,(H,11,12,13). The van der Waals surface area contributed by atoms with Crippen molar-refractivity contribution in [3.8, 4) is 5.88 Å². The Bertz CT molecular complexity index is 410. The number of unbranched alkanes of at least 4 members (excludes halogenated alkanes) is 1. The minimum atomic E-state index is -0.641. The summed E-state index contributed by atoms with van der Waals surface area (Å²) >= 11 is 0. The maximum absolute atomic E-state index is 10.8. The molecule has 8 nitrogen and oxygen atoms in total. The van der Waals surface area contributed by atoms with Crippen LogP contribution in [-0.4, -0.2) is 21.5 Å². The van der Waals surface area contributed by atoms with E-state index in [4.69, 9.17) is 10.6 Å². The van der Waals surface area contributed by atoms with Crippen LogP contribution in [0, 0.1) is 10.1 Å². The number of allylic oxidation sites excluding steroid dienone is 1. The minimum absolute atomic E-state index is 0.0799. The summed E-state index contributed by atoms with van der Waals surface area (Å²) in [5, 5.41) is 10.8. The second kappa shape index (κ2) is 6.38. The fraction of sp³-hybridized carbons (Fsp3) is 0.333. The maximum Gasteiger partial charge on any atom is 0.374 e. The first-order valence-electron chi connectivity index (χ1n) is 4.90. The van der Waals surface area contributed by atoms with Gasteiger partial charge in [-0.15, -0.1) is 6.58 Å². The number of nitrogens with one attached hydrogen (secondary N) is 1. The van der Waals surface area contributed by atoms with Crippen molar-refractivity contribution < 1.29 is 9.66 Å². The summed E-state index contributed by atoms with van der Waals surface area (Å²) in [6.07, 6.45) is 4.35. The number of nitrogen functional groups attached to an aromatic ring is 1. The van der Waals surface area contributed by atoms with Crippen molar-refractivity contribution in [2.24, 2.45) is 5.84 Å². The molecular weight excluding hydrogens is 226 g/mol. The van der Waals surface area contributed by atoms with Crippen LogP contribution in [0.3, 0.4) is 0 Å². The molecule has 1 aromatic rings. The quantitative estimate of drug-likeness (QED) is 0.240. The van der Waals surface area contributed by atoms with Crippen LogP contribution in [0.5, 0.6) is 5.88 Å². The van der Waals surface area contributed by atoms with E-state index in [9.17, 15) is 10.1 Å². The lowest BCUT2D eigenvalue weighted by Gasteiger charge is -2.06. The van der Waals surface area contributed by atoms with Gasteiger partial charge in [0.15, 0.2) is 0 Å². The van der Waals surface area contributed by atoms with E-state index in [1.165, 1.54) is 0 Å². The Kier molecular flexibility index (Phi) is 4.82. The van der Waals surface area contributed by atoms with E-state index in [-0.39, 0.29) is 17.4 Å². The third-order valence-corrected chi connectivity index (χ3v) is 1.90. The molecule has 0 unspecified atom stereocenters. The second-order valence-corrected chi connectivity index (χ2v) is 3.06. The Morgan fingerprint density at radius 2 is 2.41 bits per heavy atom. The fourth-order valence-electron chi connectivity index (χ4n) is 1.13. The normalized spacial score (nSPS) is 9.71. The number of hydrazine groups is 1. The molecule has 8 heteroatoms. The van der Waals surface area contributed by atoms with Crippen molar-refractivity contribution in [2.75, 3.05) is 12.0 Å². The van der Waals surface area contributed by atoms with Crippen LogP contribution in [-0.2, 0) is 0 Å². The molecule has 0 aromatic carbocycles. The lowest BCUT2D eigenvalue weighted by molar-refractivity contribution is -0.385. The Morgan fingerprint density at radius 1 is 1.65 bits per heavy atom. The van der Waals surface area contributed by atoms with Crippen LogP contribution in [0.25, 0.3) is 0 Å². The number of anilines is 1. The molecule has 0 spiro atoms. The van der Waals surface area contributed by atoms with Gasteiger partial charge in [0.05, 0.1) is 11.5 Å². The molecule has 1 rings (SSSR count). The van der Waals surface area contributed by atoms with Crippen LogP contribution in [0.2, 0.25) is 0 Å². The molecule has 0 aliphatic rings. The summed E-state index contributed by atoms with van der Waals surface area (Å²) in [5.41, 5.74) is 1.76. The van der Waals surface area contributed by atoms with Gasteiger partial charge in [-0.2, -0.15) is 4.98 Å². The van der Waals surface area contributed by atoms with Gasteiger partial charge >= 0.3 is 5.69 Å². The number of hydrogen-bond donors (Lipinski definition) is 2. The third-order valence-electron chi connectivity index (χ3n) is 1.90. The van der Waals surface area contributed by atoms with Crippen molar-refractivity contribution in [3.63, 3.8) is 0 Å². The van der Waals surface area contributed by atoms with Crippen molar-refractivity contribution >= 4 is 11.5 Å². The van der Waals surface area contributed by atoms with E-state index in [0.717, 1.165) is 12.7 Å². The van der Waals surface area contributed by atoms with E-state index < -0.39 is 4.92 Å². The van der Waals surface area contributed by atoms with Crippen molar-refractivity contribution in [1.82, 2.24) is 9.97 Å². The zero-order valence-electron chi connectivity index (χ0n) is 9.13. The second-order valence-electron chi connectivity index (χ2n) is 3.06. The summed E-state index contributed by atoms with van der Waals surface area (Å²) in [7, 11) is 0. The first-order valence-corrected chi connectivity index (χ1v) is 4.90. The average Bonchev–Trinajstić information content (AvgIpc) is 2.33. The largest absolute Gasteiger partial charge is 0.473 e. The summed E-state index contributed by atoms with van der Waals surface area (Å²) in [4.78, 5) is 17.5. The molecule has 17 heavy (non-hydrogen) atoms. The summed E-state index contributed by atoms with van der Waals surface area (Å²) in [6.45, 7) is 3.88. The number of nitrogens with zero attached hydrogens (tertiary/aromatic N) is 3. The molecule has 0 fully saturated rings. The first-order chi connectivity index (χ1) is 8.20. The van der Waals surface area contributed by atoms with E-state index >= 15 is 0 Å². The predicted octanol–water partition coefficient (Wildman–Crippen LogP) is 1.02. The smallest absolute Gasteiger partial charge is 0.374 e. The molecule has 92 valence electrons. The van der Waals surface area contributed by atoms with Crippen molar-refractivity contribution in [1.29, 1.82) is 0 Å². The Balaban J connectivity index is 2.83. The van der Waals surface area contributed by atoms with Gasteiger partial charge in [-0.1, -0.05) is 6.08 Å². The number of aromatic nitrogens is 2. The molecule has 0 radical (unpaired) electrons. The predicted molar refractivity (Wildman–Crippen MR) is 61.4 cm³/mol. The molecule has 1 heterocycles. The lowest BCUT2D eigenvalue weighted by Crippen LogP contribution is -2.12. The zero-order valence-corrected chi connectivity index (χ0v) is 9.13. The van der Waals surface area contributed by atoms with Gasteiger partial charge in [-0.05, 0) is 12.8 Å². The molecule has 0 aliphatic carbocycles. The van der Waals surface area contributed by atoms with Gasteiger partial charge in [0, 0.05) is 0 Å².